The van der Waals surface area contributed by atoms with Crippen LogP contribution in [0.5, 0.6) is 0 Å². The molecule has 0 aliphatic heterocycles. The predicted octanol–water partition coefficient (Wildman–Crippen LogP) is 5.42. The summed E-state index contributed by atoms with van der Waals surface area (Å²) in [4.78, 5) is 4.47. The van der Waals surface area contributed by atoms with Crippen molar-refractivity contribution in [1.29, 1.82) is 0 Å². The topological polar surface area (TPSA) is 42.7 Å². The lowest BCUT2D eigenvalue weighted by Crippen LogP contribution is -1.99. The van der Waals surface area contributed by atoms with Crippen LogP contribution in [0.15, 0.2) is 67.5 Å². The van der Waals surface area contributed by atoms with Crippen molar-refractivity contribution >= 4 is 22.3 Å². The molecule has 0 aliphatic rings. The van der Waals surface area contributed by atoms with Gasteiger partial charge in [0.1, 0.15) is 11.6 Å². The van der Waals surface area contributed by atoms with Crippen molar-refractivity contribution in [2.45, 2.75) is 13.3 Å². The first kappa shape index (κ1) is 17.9. The minimum atomic E-state index is -0.269. The SMILES string of the molecule is C=C(Nc1cc2cc(-c3cnn(C)c3CC)ccc2cn1)c1ccc(F)cc1. The molecule has 0 amide bonds. The van der Waals surface area contributed by atoms with Crippen LogP contribution < -0.4 is 5.32 Å². The molecular formula is C23H21FN4. The van der Waals surface area contributed by atoms with Gasteiger partial charge in [-0.15, -0.1) is 0 Å². The van der Waals surface area contributed by atoms with Crippen LogP contribution >= 0.6 is 0 Å². The van der Waals surface area contributed by atoms with Crippen molar-refractivity contribution in [3.63, 3.8) is 0 Å². The molecule has 0 spiro atoms. The Balaban J connectivity index is 1.66. The van der Waals surface area contributed by atoms with Gasteiger partial charge in [0.15, 0.2) is 0 Å². The Hall–Kier alpha value is -3.47. The Bertz CT molecular complexity index is 1160. The van der Waals surface area contributed by atoms with Gasteiger partial charge < -0.3 is 5.32 Å². The Kier molecular flexibility index (Phi) is 4.65. The normalized spacial score (nSPS) is 11.0. The molecule has 0 aliphatic carbocycles. The second-order valence-corrected chi connectivity index (χ2v) is 6.72. The van der Waals surface area contributed by atoms with Crippen molar-refractivity contribution in [3.05, 3.63) is 84.6 Å². The zero-order valence-corrected chi connectivity index (χ0v) is 15.9. The van der Waals surface area contributed by atoms with E-state index in [-0.39, 0.29) is 5.82 Å². The van der Waals surface area contributed by atoms with Gasteiger partial charge in [-0.3, -0.25) is 4.68 Å². The molecule has 4 rings (SSSR count). The largest absolute Gasteiger partial charge is 0.340 e. The van der Waals surface area contributed by atoms with Crippen LogP contribution in [0.1, 0.15) is 18.2 Å². The standard InChI is InChI=1S/C23H21FN4/c1-4-22-21(14-26-28(22)3)17-5-6-18-13-25-23(12-19(18)11-17)27-15(2)16-7-9-20(24)10-8-16/h5-14H,2,4H2,1,3H3,(H,25,27). The molecule has 0 radical (unpaired) electrons. The molecule has 2 aromatic carbocycles. The number of nitrogens with one attached hydrogen (secondary N) is 1. The molecule has 4 aromatic rings. The predicted molar refractivity (Wildman–Crippen MR) is 112 cm³/mol. The number of aromatic nitrogens is 3. The average molecular weight is 372 g/mol. The molecule has 4 nitrogen and oxygen atoms in total. The minimum absolute atomic E-state index is 0.269. The van der Waals surface area contributed by atoms with Gasteiger partial charge in [0.25, 0.3) is 0 Å². The number of rotatable bonds is 5. The zero-order valence-electron chi connectivity index (χ0n) is 15.9. The molecule has 5 heteroatoms. The number of fused-ring (bicyclic) bond motifs is 1. The van der Waals surface area contributed by atoms with Crippen LogP contribution in [0.4, 0.5) is 10.2 Å². The van der Waals surface area contributed by atoms with E-state index < -0.39 is 0 Å². The second kappa shape index (κ2) is 7.27. The third-order valence-corrected chi connectivity index (χ3v) is 4.90. The van der Waals surface area contributed by atoms with Crippen molar-refractivity contribution < 1.29 is 4.39 Å². The van der Waals surface area contributed by atoms with Crippen molar-refractivity contribution in [3.8, 4) is 11.1 Å². The minimum Gasteiger partial charge on any atom is -0.340 e. The van der Waals surface area contributed by atoms with Gasteiger partial charge in [0, 0.05) is 35.6 Å². The smallest absolute Gasteiger partial charge is 0.130 e. The van der Waals surface area contributed by atoms with Gasteiger partial charge in [0.2, 0.25) is 0 Å². The van der Waals surface area contributed by atoms with E-state index in [0.29, 0.717) is 11.5 Å². The third-order valence-electron chi connectivity index (χ3n) is 4.90. The van der Waals surface area contributed by atoms with Crippen LogP contribution in [-0.4, -0.2) is 14.8 Å². The summed E-state index contributed by atoms with van der Waals surface area (Å²) in [7, 11) is 1.97. The number of anilines is 1. The van der Waals surface area contributed by atoms with Crippen LogP contribution in [-0.2, 0) is 13.5 Å². The van der Waals surface area contributed by atoms with Gasteiger partial charge >= 0.3 is 0 Å². The molecule has 0 bridgehead atoms. The number of hydrogen-bond acceptors (Lipinski definition) is 3. The van der Waals surface area contributed by atoms with Crippen LogP contribution in [0.2, 0.25) is 0 Å². The first-order valence-corrected chi connectivity index (χ1v) is 9.18. The summed E-state index contributed by atoms with van der Waals surface area (Å²) >= 11 is 0. The number of benzene rings is 2. The van der Waals surface area contributed by atoms with E-state index in [1.54, 1.807) is 12.1 Å². The van der Waals surface area contributed by atoms with E-state index in [9.17, 15) is 4.39 Å². The molecule has 0 saturated heterocycles. The first-order chi connectivity index (χ1) is 13.5. The monoisotopic (exact) mass is 372 g/mol. The van der Waals surface area contributed by atoms with Gasteiger partial charge in [-0.2, -0.15) is 5.10 Å². The summed E-state index contributed by atoms with van der Waals surface area (Å²) < 4.78 is 15.0. The average Bonchev–Trinajstić information content (AvgIpc) is 3.08. The summed E-state index contributed by atoms with van der Waals surface area (Å²) in [6.07, 6.45) is 4.67. The Labute approximate surface area is 163 Å². The Morgan fingerprint density at radius 3 is 2.61 bits per heavy atom. The van der Waals surface area contributed by atoms with Gasteiger partial charge in [0.05, 0.1) is 6.20 Å². The highest BCUT2D eigenvalue weighted by Crippen LogP contribution is 2.28. The van der Waals surface area contributed by atoms with Crippen molar-refractivity contribution in [1.82, 2.24) is 14.8 Å². The quantitative estimate of drug-likeness (QED) is 0.509. The maximum atomic E-state index is 13.1. The van der Waals surface area contributed by atoms with Crippen LogP contribution in [0.25, 0.3) is 27.6 Å². The van der Waals surface area contributed by atoms with Crippen molar-refractivity contribution in [2.24, 2.45) is 7.05 Å². The van der Waals surface area contributed by atoms with Gasteiger partial charge in [-0.1, -0.05) is 37.8 Å². The fraction of sp³-hybridized carbons (Fsp3) is 0.130. The third kappa shape index (κ3) is 3.39. The summed E-state index contributed by atoms with van der Waals surface area (Å²) in [5, 5.41) is 9.74. The fourth-order valence-electron chi connectivity index (χ4n) is 3.38. The second-order valence-electron chi connectivity index (χ2n) is 6.72. The highest BCUT2D eigenvalue weighted by atomic mass is 19.1. The lowest BCUT2D eigenvalue weighted by atomic mass is 10.0. The fourth-order valence-corrected chi connectivity index (χ4v) is 3.38. The molecule has 1 N–H and O–H groups in total. The summed E-state index contributed by atoms with van der Waals surface area (Å²) in [6, 6.07) is 14.5. The maximum absolute atomic E-state index is 13.1. The van der Waals surface area contributed by atoms with Gasteiger partial charge in [-0.05, 0) is 47.2 Å². The van der Waals surface area contributed by atoms with Crippen LogP contribution in [0, 0.1) is 5.82 Å². The molecular weight excluding hydrogens is 351 g/mol. The number of pyridine rings is 1. The molecule has 2 aromatic heterocycles. The van der Waals surface area contributed by atoms with Crippen LogP contribution in [0.3, 0.4) is 0 Å². The lowest BCUT2D eigenvalue weighted by molar-refractivity contribution is 0.627. The van der Waals surface area contributed by atoms with E-state index in [1.165, 1.54) is 17.8 Å². The van der Waals surface area contributed by atoms with Crippen molar-refractivity contribution in [2.75, 3.05) is 5.32 Å². The molecule has 28 heavy (non-hydrogen) atoms. The highest BCUT2D eigenvalue weighted by molar-refractivity contribution is 5.89. The van der Waals surface area contributed by atoms with E-state index in [0.717, 1.165) is 33.9 Å². The number of halogens is 1. The zero-order chi connectivity index (χ0) is 19.7. The molecule has 140 valence electrons. The molecule has 0 atom stereocenters. The lowest BCUT2D eigenvalue weighted by Gasteiger charge is -2.11. The molecule has 0 saturated carbocycles. The summed E-state index contributed by atoms with van der Waals surface area (Å²) in [5.74, 6) is 0.427. The number of nitrogens with zero attached hydrogens (tertiary/aromatic N) is 3. The van der Waals surface area contributed by atoms with E-state index in [2.05, 4.69) is 47.1 Å². The Morgan fingerprint density at radius 1 is 1.07 bits per heavy atom. The van der Waals surface area contributed by atoms with Gasteiger partial charge in [-0.25, -0.2) is 9.37 Å². The van der Waals surface area contributed by atoms with E-state index in [4.69, 9.17) is 0 Å². The summed E-state index contributed by atoms with van der Waals surface area (Å²) in [6.45, 7) is 6.17. The molecule has 0 fully saturated rings. The summed E-state index contributed by atoms with van der Waals surface area (Å²) in [5.41, 5.74) is 4.97. The maximum Gasteiger partial charge on any atom is 0.130 e. The molecule has 0 unspecified atom stereocenters. The highest BCUT2D eigenvalue weighted by Gasteiger charge is 2.10. The number of hydrogen-bond donors (Lipinski definition) is 1. The van der Waals surface area contributed by atoms with E-state index >= 15 is 0 Å². The number of aryl methyl sites for hydroxylation is 1. The first-order valence-electron chi connectivity index (χ1n) is 9.18. The Morgan fingerprint density at radius 2 is 1.86 bits per heavy atom. The van der Waals surface area contributed by atoms with E-state index in [1.807, 2.05) is 30.2 Å². The molecule has 2 heterocycles.